The van der Waals surface area contributed by atoms with Crippen LogP contribution in [-0.2, 0) is 0 Å². The van der Waals surface area contributed by atoms with E-state index in [0.29, 0.717) is 6.54 Å². The molecule has 3 rings (SSSR count). The van der Waals surface area contributed by atoms with Crippen molar-refractivity contribution in [1.82, 2.24) is 5.32 Å². The van der Waals surface area contributed by atoms with E-state index >= 15 is 0 Å². The maximum atomic E-state index is 13.7. The molecule has 0 amide bonds. The first kappa shape index (κ1) is 8.16. The molecule has 3 fully saturated rings. The molecule has 0 aromatic carbocycles. The van der Waals surface area contributed by atoms with Crippen molar-refractivity contribution in [3.63, 3.8) is 0 Å². The summed E-state index contributed by atoms with van der Waals surface area (Å²) in [6, 6.07) is 0. The minimum atomic E-state index is -2.36. The third-order valence-electron chi connectivity index (χ3n) is 4.65. The zero-order valence-corrected chi connectivity index (χ0v) is 7.71. The Kier molecular flexibility index (Phi) is 1.30. The molecule has 3 aliphatic rings. The van der Waals surface area contributed by atoms with Gasteiger partial charge in [-0.1, -0.05) is 6.42 Å². The summed E-state index contributed by atoms with van der Waals surface area (Å²) >= 11 is 0. The minimum Gasteiger partial charge on any atom is -0.316 e. The van der Waals surface area contributed by atoms with Crippen molar-refractivity contribution >= 4 is 0 Å². The van der Waals surface area contributed by atoms with Crippen LogP contribution in [0.25, 0.3) is 0 Å². The molecule has 0 aromatic heterocycles. The van der Waals surface area contributed by atoms with E-state index in [-0.39, 0.29) is 0 Å². The summed E-state index contributed by atoms with van der Waals surface area (Å²) in [5.74, 6) is -2.36. The first-order valence-electron chi connectivity index (χ1n) is 5.25. The summed E-state index contributed by atoms with van der Waals surface area (Å²) < 4.78 is 27.5. The topological polar surface area (TPSA) is 12.0 Å². The van der Waals surface area contributed by atoms with Crippen molar-refractivity contribution in [2.24, 2.45) is 10.8 Å². The monoisotopic (exact) mass is 187 g/mol. The summed E-state index contributed by atoms with van der Waals surface area (Å²) in [5, 5.41) is 3.14. The second-order valence-electron chi connectivity index (χ2n) is 4.87. The maximum Gasteiger partial charge on any atom is 0.261 e. The molecule has 0 bridgehead atoms. The Morgan fingerprint density at radius 3 is 2.00 bits per heavy atom. The van der Waals surface area contributed by atoms with E-state index in [2.05, 4.69) is 5.32 Å². The molecule has 74 valence electrons. The van der Waals surface area contributed by atoms with Crippen LogP contribution in [0.5, 0.6) is 0 Å². The van der Waals surface area contributed by atoms with Crippen LogP contribution in [0.2, 0.25) is 0 Å². The van der Waals surface area contributed by atoms with Crippen molar-refractivity contribution in [3.05, 3.63) is 0 Å². The molecule has 1 nitrogen and oxygen atoms in total. The molecular weight excluding hydrogens is 172 g/mol. The van der Waals surface area contributed by atoms with Gasteiger partial charge in [0, 0.05) is 12.0 Å². The highest BCUT2D eigenvalue weighted by Gasteiger charge is 2.90. The van der Waals surface area contributed by atoms with Crippen molar-refractivity contribution in [1.29, 1.82) is 0 Å². The van der Waals surface area contributed by atoms with Crippen molar-refractivity contribution in [2.45, 2.75) is 38.0 Å². The summed E-state index contributed by atoms with van der Waals surface area (Å²) in [6.45, 7) is 1.48. The molecule has 1 N–H and O–H groups in total. The zero-order chi connectivity index (χ0) is 9.16. The number of hydrogen-bond acceptors (Lipinski definition) is 1. The highest BCUT2D eigenvalue weighted by Crippen LogP contribution is 2.84. The molecular formula is C10H15F2N. The van der Waals surface area contributed by atoms with E-state index in [9.17, 15) is 8.78 Å². The molecule has 0 unspecified atom stereocenters. The van der Waals surface area contributed by atoms with Crippen LogP contribution >= 0.6 is 0 Å². The number of alkyl halides is 2. The highest BCUT2D eigenvalue weighted by molar-refractivity contribution is 5.32. The molecule has 2 aliphatic carbocycles. The van der Waals surface area contributed by atoms with Gasteiger partial charge in [0.15, 0.2) is 0 Å². The second-order valence-corrected chi connectivity index (χ2v) is 4.87. The Hall–Kier alpha value is -0.180. The lowest BCUT2D eigenvalue weighted by molar-refractivity contribution is 0.0204. The van der Waals surface area contributed by atoms with Crippen molar-refractivity contribution in [3.8, 4) is 0 Å². The van der Waals surface area contributed by atoms with Crippen molar-refractivity contribution in [2.75, 3.05) is 13.1 Å². The minimum absolute atomic E-state index is 0.556. The van der Waals surface area contributed by atoms with Crippen LogP contribution in [0.15, 0.2) is 0 Å². The number of halogens is 2. The summed E-state index contributed by atoms with van der Waals surface area (Å²) in [5.41, 5.74) is -1.19. The van der Waals surface area contributed by atoms with Crippen molar-refractivity contribution < 1.29 is 8.78 Å². The number of fused-ring (bicyclic) bond motifs is 1. The molecule has 0 radical (unpaired) electrons. The zero-order valence-electron chi connectivity index (χ0n) is 7.71. The number of nitrogens with one attached hydrogen (secondary N) is 1. The van der Waals surface area contributed by atoms with Gasteiger partial charge in [0.1, 0.15) is 0 Å². The molecule has 0 aromatic rings. The van der Waals surface area contributed by atoms with E-state index in [4.69, 9.17) is 0 Å². The van der Waals surface area contributed by atoms with E-state index < -0.39 is 16.8 Å². The average Bonchev–Trinajstić information content (AvgIpc) is 2.43. The molecule has 1 atom stereocenters. The summed E-state index contributed by atoms with van der Waals surface area (Å²) in [4.78, 5) is 0. The maximum absolute atomic E-state index is 13.7. The summed E-state index contributed by atoms with van der Waals surface area (Å²) in [7, 11) is 0. The number of rotatable bonds is 0. The summed E-state index contributed by atoms with van der Waals surface area (Å²) in [6.07, 6.45) is 4.21. The van der Waals surface area contributed by atoms with Gasteiger partial charge in [0.05, 0.1) is 5.41 Å². The fraction of sp³-hybridized carbons (Fsp3) is 1.00. The van der Waals surface area contributed by atoms with Gasteiger partial charge in [-0.3, -0.25) is 0 Å². The van der Waals surface area contributed by atoms with Gasteiger partial charge >= 0.3 is 0 Å². The normalized spacial score (nSPS) is 44.8. The van der Waals surface area contributed by atoms with Crippen LogP contribution in [0.3, 0.4) is 0 Å². The van der Waals surface area contributed by atoms with Crippen LogP contribution in [0, 0.1) is 10.8 Å². The molecule has 1 heterocycles. The van der Waals surface area contributed by atoms with Crippen LogP contribution in [-0.4, -0.2) is 19.0 Å². The van der Waals surface area contributed by atoms with Crippen LogP contribution < -0.4 is 5.32 Å². The van der Waals surface area contributed by atoms with E-state index in [1.807, 2.05) is 0 Å². The van der Waals surface area contributed by atoms with Gasteiger partial charge in [0.25, 0.3) is 5.92 Å². The van der Waals surface area contributed by atoms with Gasteiger partial charge in [0.2, 0.25) is 0 Å². The van der Waals surface area contributed by atoms with E-state index in [1.165, 1.54) is 0 Å². The second kappa shape index (κ2) is 2.08. The molecule has 2 spiro atoms. The number of piperidine rings is 1. The first-order valence-corrected chi connectivity index (χ1v) is 5.25. The Labute approximate surface area is 76.9 Å². The Morgan fingerprint density at radius 2 is 1.62 bits per heavy atom. The van der Waals surface area contributed by atoms with Gasteiger partial charge in [-0.25, -0.2) is 8.78 Å². The molecule has 1 aliphatic heterocycles. The van der Waals surface area contributed by atoms with Gasteiger partial charge < -0.3 is 5.32 Å². The molecule has 1 saturated heterocycles. The van der Waals surface area contributed by atoms with Gasteiger partial charge in [-0.15, -0.1) is 0 Å². The average molecular weight is 187 g/mol. The fourth-order valence-electron chi connectivity index (χ4n) is 3.65. The van der Waals surface area contributed by atoms with Crippen LogP contribution in [0.1, 0.15) is 32.1 Å². The largest absolute Gasteiger partial charge is 0.316 e. The SMILES string of the molecule is FC1(F)C2(CCC2)[C@]12CCCNC2. The standard InChI is InChI=1S/C10H15F2N/c11-10(12)8(3-1-4-8)9(10)5-2-6-13-7-9/h13H,1-7H2/t9-/m1/s1. The molecule has 3 heteroatoms. The molecule has 2 saturated carbocycles. The first-order chi connectivity index (χ1) is 6.16. The van der Waals surface area contributed by atoms with Gasteiger partial charge in [-0.2, -0.15) is 0 Å². The highest BCUT2D eigenvalue weighted by atomic mass is 19.3. The third kappa shape index (κ3) is 0.622. The predicted octanol–water partition coefficient (Wildman–Crippen LogP) is 2.18. The van der Waals surface area contributed by atoms with Crippen LogP contribution in [0.4, 0.5) is 8.78 Å². The lowest BCUT2D eigenvalue weighted by Crippen LogP contribution is -2.37. The lowest BCUT2D eigenvalue weighted by Gasteiger charge is -2.32. The smallest absolute Gasteiger partial charge is 0.261 e. The Morgan fingerprint density at radius 1 is 0.923 bits per heavy atom. The fourth-order valence-corrected chi connectivity index (χ4v) is 3.65. The lowest BCUT2D eigenvalue weighted by atomic mass is 9.73. The Bertz CT molecular complexity index is 239. The quantitative estimate of drug-likeness (QED) is 0.613. The van der Waals surface area contributed by atoms with Gasteiger partial charge in [-0.05, 0) is 32.2 Å². The molecule has 13 heavy (non-hydrogen) atoms. The van der Waals surface area contributed by atoms with E-state index in [1.54, 1.807) is 0 Å². The number of hydrogen-bond donors (Lipinski definition) is 1. The predicted molar refractivity (Wildman–Crippen MR) is 45.8 cm³/mol. The van der Waals surface area contributed by atoms with E-state index in [0.717, 1.165) is 38.6 Å². The third-order valence-corrected chi connectivity index (χ3v) is 4.65. The Balaban J connectivity index is 1.91.